The number of hydrogen-bond donors (Lipinski definition) is 1. The number of pyridine rings is 1. The van der Waals surface area contributed by atoms with Gasteiger partial charge in [0.1, 0.15) is 0 Å². The van der Waals surface area contributed by atoms with Crippen LogP contribution < -0.4 is 5.73 Å². The highest BCUT2D eigenvalue weighted by atomic mass is 32.2. The zero-order valence-corrected chi connectivity index (χ0v) is 13.2. The Morgan fingerprint density at radius 2 is 1.86 bits per heavy atom. The lowest BCUT2D eigenvalue weighted by atomic mass is 10.2. The SMILES string of the molecule is CS(=O)(=O)c1ccc(S(=O)Cc2cccnc2CN)cc1. The van der Waals surface area contributed by atoms with E-state index in [-0.39, 0.29) is 4.90 Å². The molecule has 1 aromatic carbocycles. The second kappa shape index (κ2) is 6.46. The van der Waals surface area contributed by atoms with Gasteiger partial charge in [-0.3, -0.25) is 9.19 Å². The lowest BCUT2D eigenvalue weighted by molar-refractivity contribution is 0.601. The van der Waals surface area contributed by atoms with E-state index in [9.17, 15) is 12.6 Å². The van der Waals surface area contributed by atoms with E-state index in [2.05, 4.69) is 4.98 Å². The molecule has 0 radical (unpaired) electrons. The van der Waals surface area contributed by atoms with Gasteiger partial charge in [-0.25, -0.2) is 8.42 Å². The molecule has 2 aromatic rings. The van der Waals surface area contributed by atoms with E-state index in [1.165, 1.54) is 12.1 Å². The average Bonchev–Trinajstić information content (AvgIpc) is 2.47. The van der Waals surface area contributed by atoms with Gasteiger partial charge in [0.2, 0.25) is 0 Å². The van der Waals surface area contributed by atoms with Crippen molar-refractivity contribution in [1.82, 2.24) is 4.98 Å². The molecule has 0 bridgehead atoms. The summed E-state index contributed by atoms with van der Waals surface area (Å²) < 4.78 is 35.1. The molecule has 7 heteroatoms. The summed E-state index contributed by atoms with van der Waals surface area (Å²) in [7, 11) is -4.51. The summed E-state index contributed by atoms with van der Waals surface area (Å²) in [6.45, 7) is 0.292. The Hall–Kier alpha value is -1.57. The highest BCUT2D eigenvalue weighted by Gasteiger charge is 2.11. The minimum absolute atomic E-state index is 0.215. The lowest BCUT2D eigenvalue weighted by Gasteiger charge is -2.07. The van der Waals surface area contributed by atoms with Gasteiger partial charge < -0.3 is 5.73 Å². The Morgan fingerprint density at radius 1 is 1.19 bits per heavy atom. The summed E-state index contributed by atoms with van der Waals surface area (Å²) in [4.78, 5) is 4.94. The maximum absolute atomic E-state index is 12.3. The fourth-order valence-electron chi connectivity index (χ4n) is 1.85. The average molecular weight is 324 g/mol. The predicted octanol–water partition coefficient (Wildman–Crippen LogP) is 1.25. The van der Waals surface area contributed by atoms with E-state index in [1.807, 2.05) is 6.07 Å². The monoisotopic (exact) mass is 324 g/mol. The molecule has 0 saturated carbocycles. The van der Waals surface area contributed by atoms with Gasteiger partial charge in [0, 0.05) is 23.9 Å². The van der Waals surface area contributed by atoms with Crippen molar-refractivity contribution in [3.8, 4) is 0 Å². The van der Waals surface area contributed by atoms with Crippen molar-refractivity contribution in [2.75, 3.05) is 6.26 Å². The number of benzene rings is 1. The number of aromatic nitrogens is 1. The fraction of sp³-hybridized carbons (Fsp3) is 0.214. The van der Waals surface area contributed by atoms with E-state index in [4.69, 9.17) is 5.73 Å². The molecule has 2 N–H and O–H groups in total. The van der Waals surface area contributed by atoms with E-state index in [0.29, 0.717) is 17.2 Å². The molecule has 0 aliphatic rings. The highest BCUT2D eigenvalue weighted by molar-refractivity contribution is 7.90. The molecule has 0 saturated heterocycles. The first kappa shape index (κ1) is 15.8. The Morgan fingerprint density at radius 3 is 2.43 bits per heavy atom. The third-order valence-electron chi connectivity index (χ3n) is 2.98. The first-order valence-electron chi connectivity index (χ1n) is 6.23. The van der Waals surface area contributed by atoms with E-state index < -0.39 is 20.6 Å². The van der Waals surface area contributed by atoms with Gasteiger partial charge in [-0.15, -0.1) is 0 Å². The Kier molecular flexibility index (Phi) is 4.87. The smallest absolute Gasteiger partial charge is 0.175 e. The van der Waals surface area contributed by atoms with Crippen LogP contribution in [0, 0.1) is 0 Å². The molecule has 0 aliphatic heterocycles. The van der Waals surface area contributed by atoms with Crippen molar-refractivity contribution >= 4 is 20.6 Å². The summed E-state index contributed by atoms with van der Waals surface area (Å²) in [6, 6.07) is 9.71. The zero-order valence-electron chi connectivity index (χ0n) is 11.5. The first-order chi connectivity index (χ1) is 9.91. The third-order valence-corrected chi connectivity index (χ3v) is 5.48. The molecular formula is C14H16N2O3S2. The van der Waals surface area contributed by atoms with Crippen LogP contribution in [-0.2, 0) is 32.9 Å². The van der Waals surface area contributed by atoms with Gasteiger partial charge in [-0.05, 0) is 35.9 Å². The molecule has 1 aromatic heterocycles. The standard InChI is InChI=1S/C14H16N2O3S2/c1-21(18,19)13-6-4-12(5-7-13)20(17)10-11-3-2-8-16-14(11)9-15/h2-8H,9-10,15H2,1H3. The molecule has 1 heterocycles. The van der Waals surface area contributed by atoms with E-state index in [0.717, 1.165) is 17.5 Å². The van der Waals surface area contributed by atoms with Crippen molar-refractivity contribution in [2.24, 2.45) is 5.73 Å². The number of nitrogens with two attached hydrogens (primary N) is 1. The molecule has 21 heavy (non-hydrogen) atoms. The maximum Gasteiger partial charge on any atom is 0.175 e. The molecule has 1 atom stereocenters. The van der Waals surface area contributed by atoms with Gasteiger partial charge in [0.25, 0.3) is 0 Å². The Labute approximate surface area is 126 Å². The maximum atomic E-state index is 12.3. The van der Waals surface area contributed by atoms with Crippen LogP contribution in [0.3, 0.4) is 0 Å². The second-order valence-electron chi connectivity index (χ2n) is 4.55. The van der Waals surface area contributed by atoms with Crippen LogP contribution in [0.4, 0.5) is 0 Å². The number of nitrogens with zero attached hydrogens (tertiary/aromatic N) is 1. The summed E-state index contributed by atoms with van der Waals surface area (Å²) in [5.74, 6) is 0.304. The largest absolute Gasteiger partial charge is 0.325 e. The number of rotatable bonds is 5. The van der Waals surface area contributed by atoms with Gasteiger partial charge in [-0.2, -0.15) is 0 Å². The summed E-state index contributed by atoms with van der Waals surface area (Å²) in [5, 5.41) is 0. The van der Waals surface area contributed by atoms with Crippen LogP contribution >= 0.6 is 0 Å². The molecule has 0 fully saturated rings. The normalized spacial score (nSPS) is 13.0. The van der Waals surface area contributed by atoms with Crippen molar-refractivity contribution in [1.29, 1.82) is 0 Å². The molecule has 0 spiro atoms. The minimum Gasteiger partial charge on any atom is -0.325 e. The molecule has 112 valence electrons. The van der Waals surface area contributed by atoms with Crippen LogP contribution in [0.15, 0.2) is 52.4 Å². The van der Waals surface area contributed by atoms with Crippen molar-refractivity contribution in [3.05, 3.63) is 53.9 Å². The molecule has 0 amide bonds. The molecule has 5 nitrogen and oxygen atoms in total. The number of sulfone groups is 1. The lowest BCUT2D eigenvalue weighted by Crippen LogP contribution is -2.07. The molecule has 1 unspecified atom stereocenters. The Bertz CT molecular complexity index is 756. The summed E-state index contributed by atoms with van der Waals surface area (Å²) >= 11 is 0. The third kappa shape index (κ3) is 3.96. The predicted molar refractivity (Wildman–Crippen MR) is 81.8 cm³/mol. The fourth-order valence-corrected chi connectivity index (χ4v) is 3.63. The summed E-state index contributed by atoms with van der Waals surface area (Å²) in [6.07, 6.45) is 2.79. The van der Waals surface area contributed by atoms with Gasteiger partial charge in [0.05, 0.1) is 27.1 Å². The van der Waals surface area contributed by atoms with Crippen LogP contribution in [0.1, 0.15) is 11.3 Å². The quantitative estimate of drug-likeness (QED) is 0.894. The molecular weight excluding hydrogens is 308 g/mol. The minimum atomic E-state index is -3.24. The number of hydrogen-bond acceptors (Lipinski definition) is 5. The second-order valence-corrected chi connectivity index (χ2v) is 8.01. The van der Waals surface area contributed by atoms with Crippen LogP contribution in [0.2, 0.25) is 0 Å². The first-order valence-corrected chi connectivity index (χ1v) is 9.44. The van der Waals surface area contributed by atoms with Gasteiger partial charge in [0.15, 0.2) is 9.84 Å². The zero-order chi connectivity index (χ0) is 15.5. The van der Waals surface area contributed by atoms with Crippen molar-refractivity contribution in [3.63, 3.8) is 0 Å². The van der Waals surface area contributed by atoms with Gasteiger partial charge in [-0.1, -0.05) is 6.07 Å². The van der Waals surface area contributed by atoms with Crippen molar-refractivity contribution < 1.29 is 12.6 Å². The van der Waals surface area contributed by atoms with E-state index in [1.54, 1.807) is 24.4 Å². The van der Waals surface area contributed by atoms with Crippen LogP contribution in [-0.4, -0.2) is 23.9 Å². The highest BCUT2D eigenvalue weighted by Crippen LogP contribution is 2.17. The Balaban J connectivity index is 2.21. The van der Waals surface area contributed by atoms with Crippen LogP contribution in [0.5, 0.6) is 0 Å². The van der Waals surface area contributed by atoms with Gasteiger partial charge >= 0.3 is 0 Å². The van der Waals surface area contributed by atoms with Crippen molar-refractivity contribution in [2.45, 2.75) is 22.1 Å². The van der Waals surface area contributed by atoms with Crippen LogP contribution in [0.25, 0.3) is 0 Å². The topological polar surface area (TPSA) is 90.1 Å². The summed E-state index contributed by atoms with van der Waals surface area (Å²) in [5.41, 5.74) is 7.16. The molecule has 0 aliphatic carbocycles. The molecule has 2 rings (SSSR count). The van der Waals surface area contributed by atoms with E-state index >= 15 is 0 Å².